The Balaban J connectivity index is 2.28. The van der Waals surface area contributed by atoms with Crippen LogP contribution in [0, 0.1) is 5.92 Å². The van der Waals surface area contributed by atoms with Gasteiger partial charge in [-0.3, -0.25) is 4.79 Å². The van der Waals surface area contributed by atoms with E-state index in [0.717, 1.165) is 71.2 Å². The Morgan fingerprint density at radius 3 is 2.14 bits per heavy atom. The summed E-state index contributed by atoms with van der Waals surface area (Å²) in [7, 11) is 0. The molecule has 1 rings (SSSR count). The summed E-state index contributed by atoms with van der Waals surface area (Å²) in [6.45, 7) is 11.5. The van der Waals surface area contributed by atoms with Crippen molar-refractivity contribution in [1.29, 1.82) is 0 Å². The van der Waals surface area contributed by atoms with E-state index in [1.807, 2.05) is 4.90 Å². The molecule has 0 aromatic heterocycles. The predicted octanol–water partition coefficient (Wildman–Crippen LogP) is 2.47. The Bertz CT molecular complexity index is 284. The molecule has 1 fully saturated rings. The number of amides is 1. The van der Waals surface area contributed by atoms with E-state index < -0.39 is 0 Å². The van der Waals surface area contributed by atoms with E-state index in [4.69, 9.17) is 5.73 Å². The van der Waals surface area contributed by atoms with E-state index in [9.17, 15) is 4.79 Å². The normalized spacial score (nSPS) is 22.5. The van der Waals surface area contributed by atoms with Crippen molar-refractivity contribution in [2.24, 2.45) is 11.7 Å². The minimum atomic E-state index is 0.345. The highest BCUT2D eigenvalue weighted by molar-refractivity contribution is 5.76. The van der Waals surface area contributed by atoms with Gasteiger partial charge in [0, 0.05) is 25.6 Å². The van der Waals surface area contributed by atoms with Crippen LogP contribution in [0.3, 0.4) is 0 Å². The summed E-state index contributed by atoms with van der Waals surface area (Å²) in [5, 5.41) is 0. The van der Waals surface area contributed by atoms with Gasteiger partial charge in [0.05, 0.1) is 0 Å². The standard InChI is InChI=1S/C17H35N3O/c1-4-19(5-2)12-7-13-20(6-3)17(21)14-15-8-10-16(18)11-9-15/h15-16H,4-14,18H2,1-3H3. The third-order valence-electron chi connectivity index (χ3n) is 4.89. The lowest BCUT2D eigenvalue weighted by Crippen LogP contribution is -2.36. The molecule has 0 aromatic rings. The number of nitrogens with two attached hydrogens (primary N) is 1. The lowest BCUT2D eigenvalue weighted by Gasteiger charge is -2.29. The van der Waals surface area contributed by atoms with Crippen LogP contribution in [0.5, 0.6) is 0 Å². The van der Waals surface area contributed by atoms with Gasteiger partial charge < -0.3 is 15.5 Å². The van der Waals surface area contributed by atoms with Crippen LogP contribution in [-0.2, 0) is 4.79 Å². The number of hydrogen-bond donors (Lipinski definition) is 1. The molecule has 0 atom stereocenters. The molecule has 4 nitrogen and oxygen atoms in total. The van der Waals surface area contributed by atoms with Gasteiger partial charge in [0.1, 0.15) is 0 Å². The number of rotatable bonds is 9. The monoisotopic (exact) mass is 297 g/mol. The van der Waals surface area contributed by atoms with E-state index in [1.165, 1.54) is 0 Å². The van der Waals surface area contributed by atoms with E-state index in [1.54, 1.807) is 0 Å². The fraction of sp³-hybridized carbons (Fsp3) is 0.941. The van der Waals surface area contributed by atoms with Crippen molar-refractivity contribution in [2.75, 3.05) is 32.7 Å². The molecule has 0 saturated heterocycles. The number of nitrogens with zero attached hydrogens (tertiary/aromatic N) is 2. The highest BCUT2D eigenvalue weighted by Gasteiger charge is 2.23. The van der Waals surface area contributed by atoms with E-state index in [-0.39, 0.29) is 0 Å². The van der Waals surface area contributed by atoms with Crippen LogP contribution in [0.1, 0.15) is 59.3 Å². The third kappa shape index (κ3) is 6.79. The Hall–Kier alpha value is -0.610. The lowest BCUT2D eigenvalue weighted by atomic mass is 9.84. The first-order chi connectivity index (χ1) is 10.1. The Labute approximate surface area is 131 Å². The third-order valence-corrected chi connectivity index (χ3v) is 4.89. The molecular weight excluding hydrogens is 262 g/mol. The number of carbonyl (C=O) groups is 1. The molecule has 2 N–H and O–H groups in total. The summed E-state index contributed by atoms with van der Waals surface area (Å²) < 4.78 is 0. The maximum absolute atomic E-state index is 12.4. The minimum Gasteiger partial charge on any atom is -0.343 e. The summed E-state index contributed by atoms with van der Waals surface area (Å²) in [5.74, 6) is 0.909. The summed E-state index contributed by atoms with van der Waals surface area (Å²) in [6.07, 6.45) is 6.24. The van der Waals surface area contributed by atoms with Crippen molar-refractivity contribution in [1.82, 2.24) is 9.80 Å². The van der Waals surface area contributed by atoms with Crippen molar-refractivity contribution >= 4 is 5.91 Å². The highest BCUT2D eigenvalue weighted by Crippen LogP contribution is 2.26. The van der Waals surface area contributed by atoms with Gasteiger partial charge in [-0.25, -0.2) is 0 Å². The van der Waals surface area contributed by atoms with Crippen molar-refractivity contribution in [3.8, 4) is 0 Å². The van der Waals surface area contributed by atoms with Crippen LogP contribution < -0.4 is 5.73 Å². The first kappa shape index (κ1) is 18.4. The smallest absolute Gasteiger partial charge is 0.222 e. The average Bonchev–Trinajstić information content (AvgIpc) is 2.50. The van der Waals surface area contributed by atoms with E-state index >= 15 is 0 Å². The highest BCUT2D eigenvalue weighted by atomic mass is 16.2. The molecule has 1 amide bonds. The van der Waals surface area contributed by atoms with Crippen molar-refractivity contribution in [3.05, 3.63) is 0 Å². The van der Waals surface area contributed by atoms with Crippen LogP contribution in [0.2, 0.25) is 0 Å². The van der Waals surface area contributed by atoms with E-state index in [0.29, 0.717) is 17.9 Å². The molecule has 1 aliphatic carbocycles. The van der Waals surface area contributed by atoms with Gasteiger partial charge in [-0.05, 0) is 64.6 Å². The Morgan fingerprint density at radius 1 is 1.00 bits per heavy atom. The molecule has 124 valence electrons. The molecule has 0 radical (unpaired) electrons. The van der Waals surface area contributed by atoms with Gasteiger partial charge in [0.25, 0.3) is 0 Å². The van der Waals surface area contributed by atoms with Gasteiger partial charge in [0.2, 0.25) is 5.91 Å². The summed E-state index contributed by atoms with van der Waals surface area (Å²) in [4.78, 5) is 16.9. The molecule has 1 aliphatic rings. The van der Waals surface area contributed by atoms with Crippen molar-refractivity contribution in [3.63, 3.8) is 0 Å². The second-order valence-corrected chi connectivity index (χ2v) is 6.34. The number of carbonyl (C=O) groups excluding carboxylic acids is 1. The molecule has 0 aromatic carbocycles. The molecular formula is C17H35N3O. The zero-order valence-corrected chi connectivity index (χ0v) is 14.3. The SMILES string of the molecule is CCN(CC)CCCN(CC)C(=O)CC1CCC(N)CC1. The van der Waals surface area contributed by atoms with Crippen molar-refractivity contribution < 1.29 is 4.79 Å². The topological polar surface area (TPSA) is 49.6 Å². The first-order valence-electron chi connectivity index (χ1n) is 8.86. The molecule has 1 saturated carbocycles. The fourth-order valence-corrected chi connectivity index (χ4v) is 3.25. The average molecular weight is 297 g/mol. The Morgan fingerprint density at radius 2 is 1.62 bits per heavy atom. The van der Waals surface area contributed by atoms with Crippen LogP contribution in [0.25, 0.3) is 0 Å². The fourth-order valence-electron chi connectivity index (χ4n) is 3.25. The van der Waals surface area contributed by atoms with Gasteiger partial charge >= 0.3 is 0 Å². The summed E-state index contributed by atoms with van der Waals surface area (Å²) in [6, 6.07) is 0.368. The van der Waals surface area contributed by atoms with E-state index in [2.05, 4.69) is 25.7 Å². The zero-order valence-electron chi connectivity index (χ0n) is 14.3. The van der Waals surface area contributed by atoms with Crippen LogP contribution >= 0.6 is 0 Å². The van der Waals surface area contributed by atoms with Crippen LogP contribution in [-0.4, -0.2) is 54.5 Å². The molecule has 0 bridgehead atoms. The van der Waals surface area contributed by atoms with Crippen LogP contribution in [0.15, 0.2) is 0 Å². The second-order valence-electron chi connectivity index (χ2n) is 6.34. The maximum atomic E-state index is 12.4. The lowest BCUT2D eigenvalue weighted by molar-refractivity contribution is -0.132. The molecule has 21 heavy (non-hydrogen) atoms. The van der Waals surface area contributed by atoms with Crippen molar-refractivity contribution in [2.45, 2.75) is 65.3 Å². The van der Waals surface area contributed by atoms with Gasteiger partial charge in [-0.15, -0.1) is 0 Å². The Kier molecular flexibility index (Phi) is 8.93. The van der Waals surface area contributed by atoms with Gasteiger partial charge in [0.15, 0.2) is 0 Å². The van der Waals surface area contributed by atoms with Gasteiger partial charge in [-0.2, -0.15) is 0 Å². The molecule has 0 spiro atoms. The summed E-state index contributed by atoms with van der Waals surface area (Å²) in [5.41, 5.74) is 5.93. The second kappa shape index (κ2) is 10.2. The van der Waals surface area contributed by atoms with Crippen LogP contribution in [0.4, 0.5) is 0 Å². The minimum absolute atomic E-state index is 0.345. The molecule has 0 aliphatic heterocycles. The first-order valence-corrected chi connectivity index (χ1v) is 8.86. The quantitative estimate of drug-likeness (QED) is 0.711. The molecule has 4 heteroatoms. The zero-order chi connectivity index (χ0) is 15.7. The predicted molar refractivity (Wildman–Crippen MR) is 89.2 cm³/mol. The van der Waals surface area contributed by atoms with Gasteiger partial charge in [-0.1, -0.05) is 13.8 Å². The number of hydrogen-bond acceptors (Lipinski definition) is 3. The molecule has 0 heterocycles. The molecule has 0 unspecified atom stereocenters. The largest absolute Gasteiger partial charge is 0.343 e. The summed E-state index contributed by atoms with van der Waals surface area (Å²) >= 11 is 0. The maximum Gasteiger partial charge on any atom is 0.222 e.